The molecule has 1 aliphatic heterocycles. The summed E-state index contributed by atoms with van der Waals surface area (Å²) in [7, 11) is 0. The number of benzene rings is 1. The van der Waals surface area contributed by atoms with Gasteiger partial charge in [0.05, 0.1) is 6.61 Å². The Morgan fingerprint density at radius 3 is 2.53 bits per heavy atom. The zero-order valence-electron chi connectivity index (χ0n) is 18.7. The molecular formula is C23H33N7O2. The molecule has 1 aliphatic rings. The normalized spacial score (nSPS) is 14.2. The van der Waals surface area contributed by atoms with Crippen LogP contribution in [-0.4, -0.2) is 79.2 Å². The molecule has 1 aromatic carbocycles. The molecule has 2 N–H and O–H groups in total. The third-order valence-electron chi connectivity index (χ3n) is 5.03. The van der Waals surface area contributed by atoms with Crippen molar-refractivity contribution >= 4 is 17.8 Å². The molecule has 9 nitrogen and oxygen atoms in total. The highest BCUT2D eigenvalue weighted by atomic mass is 16.5. The number of anilines is 1. The van der Waals surface area contributed by atoms with Crippen LogP contribution >= 0.6 is 0 Å². The highest BCUT2D eigenvalue weighted by Crippen LogP contribution is 2.10. The van der Waals surface area contributed by atoms with E-state index in [0.717, 1.165) is 43.7 Å². The van der Waals surface area contributed by atoms with Gasteiger partial charge in [0.15, 0.2) is 5.96 Å². The van der Waals surface area contributed by atoms with Crippen molar-refractivity contribution in [2.45, 2.75) is 19.8 Å². The lowest BCUT2D eigenvalue weighted by molar-refractivity contribution is -0.131. The number of rotatable bonds is 10. The molecule has 2 aromatic rings. The van der Waals surface area contributed by atoms with Gasteiger partial charge in [0.25, 0.3) is 0 Å². The maximum absolute atomic E-state index is 12.6. The van der Waals surface area contributed by atoms with E-state index in [0.29, 0.717) is 39.2 Å². The highest BCUT2D eigenvalue weighted by molar-refractivity contribution is 5.81. The van der Waals surface area contributed by atoms with Crippen molar-refractivity contribution in [3.05, 3.63) is 48.8 Å². The first-order chi connectivity index (χ1) is 15.8. The van der Waals surface area contributed by atoms with E-state index in [1.807, 2.05) is 42.2 Å². The Bertz CT molecular complexity index is 825. The Kier molecular flexibility index (Phi) is 9.57. The van der Waals surface area contributed by atoms with Crippen LogP contribution in [-0.2, 0) is 4.79 Å². The Hall–Kier alpha value is -3.36. The smallest absolute Gasteiger partial charge is 0.225 e. The lowest BCUT2D eigenvalue weighted by Crippen LogP contribution is -2.50. The molecule has 0 saturated carbocycles. The van der Waals surface area contributed by atoms with E-state index in [2.05, 4.69) is 30.5 Å². The number of ether oxygens (including phenoxy) is 1. The van der Waals surface area contributed by atoms with E-state index in [9.17, 15) is 4.79 Å². The Morgan fingerprint density at radius 2 is 1.81 bits per heavy atom. The van der Waals surface area contributed by atoms with Gasteiger partial charge in [-0.15, -0.1) is 0 Å². The average Bonchev–Trinajstić information content (AvgIpc) is 2.85. The quantitative estimate of drug-likeness (QED) is 0.329. The number of para-hydroxylation sites is 1. The van der Waals surface area contributed by atoms with E-state index >= 15 is 0 Å². The Labute approximate surface area is 189 Å². The van der Waals surface area contributed by atoms with E-state index in [1.54, 1.807) is 18.5 Å². The summed E-state index contributed by atoms with van der Waals surface area (Å²) in [6, 6.07) is 11.6. The number of piperazine rings is 1. The second-order valence-corrected chi connectivity index (χ2v) is 7.37. The van der Waals surface area contributed by atoms with Crippen LogP contribution < -0.4 is 20.3 Å². The van der Waals surface area contributed by atoms with Crippen LogP contribution in [0.1, 0.15) is 19.8 Å². The fourth-order valence-electron chi connectivity index (χ4n) is 3.36. The average molecular weight is 440 g/mol. The number of hydrogen-bond donors (Lipinski definition) is 2. The van der Waals surface area contributed by atoms with Gasteiger partial charge in [0.1, 0.15) is 5.75 Å². The molecule has 0 unspecified atom stereocenters. The molecule has 1 fully saturated rings. The number of hydrogen-bond acceptors (Lipinski definition) is 6. The van der Waals surface area contributed by atoms with E-state index < -0.39 is 0 Å². The summed E-state index contributed by atoms with van der Waals surface area (Å²) in [4.78, 5) is 29.7. The molecule has 0 bridgehead atoms. The van der Waals surface area contributed by atoms with Gasteiger partial charge in [-0.25, -0.2) is 9.97 Å². The maximum atomic E-state index is 12.6. The number of nitrogens with zero attached hydrogens (tertiary/aromatic N) is 5. The molecule has 1 saturated heterocycles. The van der Waals surface area contributed by atoms with Gasteiger partial charge in [0.2, 0.25) is 11.9 Å². The predicted octanol–water partition coefficient (Wildman–Crippen LogP) is 1.54. The summed E-state index contributed by atoms with van der Waals surface area (Å²) in [5.74, 6) is 2.48. The van der Waals surface area contributed by atoms with Gasteiger partial charge < -0.3 is 25.2 Å². The zero-order chi connectivity index (χ0) is 22.4. The van der Waals surface area contributed by atoms with Crippen molar-refractivity contribution in [3.63, 3.8) is 0 Å². The molecule has 0 radical (unpaired) electrons. The summed E-state index contributed by atoms with van der Waals surface area (Å²) in [5.41, 5.74) is 0. The summed E-state index contributed by atoms with van der Waals surface area (Å²) in [6.45, 7) is 7.48. The fraction of sp³-hybridized carbons (Fsp3) is 0.478. The largest absolute Gasteiger partial charge is 0.494 e. The highest BCUT2D eigenvalue weighted by Gasteiger charge is 2.22. The van der Waals surface area contributed by atoms with Crippen molar-refractivity contribution < 1.29 is 9.53 Å². The van der Waals surface area contributed by atoms with Crippen LogP contribution in [0, 0.1) is 0 Å². The molecule has 3 rings (SSSR count). The molecular weight excluding hydrogens is 406 g/mol. The van der Waals surface area contributed by atoms with Gasteiger partial charge in [0, 0.05) is 71.0 Å². The van der Waals surface area contributed by atoms with Crippen molar-refractivity contribution in [1.29, 1.82) is 0 Å². The van der Waals surface area contributed by atoms with E-state index in [4.69, 9.17) is 4.74 Å². The number of carbonyl (C=O) groups is 1. The lowest BCUT2D eigenvalue weighted by atomic mass is 10.3. The Morgan fingerprint density at radius 1 is 1.06 bits per heavy atom. The van der Waals surface area contributed by atoms with Gasteiger partial charge in [-0.2, -0.15) is 0 Å². The molecule has 2 heterocycles. The number of aliphatic imine (C=N–C) groups is 1. The molecule has 9 heteroatoms. The molecule has 1 aromatic heterocycles. The topological polar surface area (TPSA) is 95.0 Å². The second kappa shape index (κ2) is 13.1. The third kappa shape index (κ3) is 7.72. The Balaban J connectivity index is 1.32. The zero-order valence-corrected chi connectivity index (χ0v) is 18.7. The van der Waals surface area contributed by atoms with Crippen molar-refractivity contribution in [3.8, 4) is 5.75 Å². The second-order valence-electron chi connectivity index (χ2n) is 7.37. The van der Waals surface area contributed by atoms with Crippen LogP contribution in [0.5, 0.6) is 5.75 Å². The van der Waals surface area contributed by atoms with Gasteiger partial charge in [-0.3, -0.25) is 9.79 Å². The minimum atomic E-state index is 0.151. The van der Waals surface area contributed by atoms with Crippen molar-refractivity contribution in [2.24, 2.45) is 4.99 Å². The lowest BCUT2D eigenvalue weighted by Gasteiger charge is -2.34. The summed E-state index contributed by atoms with van der Waals surface area (Å²) < 4.78 is 5.69. The molecule has 0 spiro atoms. The summed E-state index contributed by atoms with van der Waals surface area (Å²) in [5, 5.41) is 6.48. The molecule has 0 aliphatic carbocycles. The van der Waals surface area contributed by atoms with Crippen LogP contribution in [0.2, 0.25) is 0 Å². The minimum Gasteiger partial charge on any atom is -0.494 e. The number of amides is 1. The molecule has 32 heavy (non-hydrogen) atoms. The van der Waals surface area contributed by atoms with Crippen LogP contribution in [0.15, 0.2) is 53.8 Å². The van der Waals surface area contributed by atoms with Gasteiger partial charge in [-0.05, 0) is 25.1 Å². The number of nitrogens with one attached hydrogen (secondary N) is 2. The maximum Gasteiger partial charge on any atom is 0.225 e. The number of guanidine groups is 1. The molecule has 0 atom stereocenters. The van der Waals surface area contributed by atoms with E-state index in [-0.39, 0.29) is 5.91 Å². The van der Waals surface area contributed by atoms with Crippen LogP contribution in [0.25, 0.3) is 0 Å². The van der Waals surface area contributed by atoms with Crippen molar-refractivity contribution in [2.75, 3.05) is 57.3 Å². The van der Waals surface area contributed by atoms with E-state index in [1.165, 1.54) is 0 Å². The van der Waals surface area contributed by atoms with Crippen LogP contribution in [0.4, 0.5) is 5.95 Å². The summed E-state index contributed by atoms with van der Waals surface area (Å²) in [6.07, 6.45) is 4.74. The fourth-order valence-corrected chi connectivity index (χ4v) is 3.36. The van der Waals surface area contributed by atoms with Crippen LogP contribution in [0.3, 0.4) is 0 Å². The number of carbonyl (C=O) groups excluding carboxylic acids is 1. The first-order valence-corrected chi connectivity index (χ1v) is 11.3. The monoisotopic (exact) mass is 439 g/mol. The third-order valence-corrected chi connectivity index (χ3v) is 5.03. The van der Waals surface area contributed by atoms with Gasteiger partial charge in [-0.1, -0.05) is 18.2 Å². The number of aromatic nitrogens is 2. The van der Waals surface area contributed by atoms with Gasteiger partial charge >= 0.3 is 0 Å². The SMILES string of the molecule is CCNC(=NCCCOc1ccccc1)NCCC(=O)N1CCN(c2ncccn2)CC1. The predicted molar refractivity (Wildman–Crippen MR) is 126 cm³/mol. The minimum absolute atomic E-state index is 0.151. The first-order valence-electron chi connectivity index (χ1n) is 11.3. The summed E-state index contributed by atoms with van der Waals surface area (Å²) >= 11 is 0. The standard InChI is InChI=1S/C23H33N7O2/c1-2-24-22(25-13-7-19-32-20-8-4-3-5-9-20)26-14-10-21(31)29-15-17-30(18-16-29)23-27-11-6-12-28-23/h3-6,8-9,11-12H,2,7,10,13-19H2,1H3,(H2,24,25,26). The molecule has 172 valence electrons. The first kappa shape index (κ1) is 23.3. The molecule has 1 amide bonds. The van der Waals surface area contributed by atoms with Crippen molar-refractivity contribution in [1.82, 2.24) is 25.5 Å².